The standard InChI is InChI=1S/C15H15NOS/c1-10-5-3-4-6-14(10)17-12-7-8-13(15(16)18)11(2)9-12/h3-9H,1-2H3,(H2,16,18). The van der Waals surface area contributed by atoms with E-state index in [0.717, 1.165) is 28.2 Å². The van der Waals surface area contributed by atoms with Gasteiger partial charge in [-0.05, 0) is 49.2 Å². The molecule has 0 fully saturated rings. The van der Waals surface area contributed by atoms with Gasteiger partial charge in [-0.25, -0.2) is 0 Å². The number of hydrogen-bond donors (Lipinski definition) is 1. The predicted molar refractivity (Wildman–Crippen MR) is 78.3 cm³/mol. The summed E-state index contributed by atoms with van der Waals surface area (Å²) in [5.41, 5.74) is 8.65. The summed E-state index contributed by atoms with van der Waals surface area (Å²) in [4.78, 5) is 0.412. The van der Waals surface area contributed by atoms with Crippen LogP contribution in [-0.4, -0.2) is 4.99 Å². The van der Waals surface area contributed by atoms with Gasteiger partial charge in [0.1, 0.15) is 16.5 Å². The van der Waals surface area contributed by atoms with E-state index in [-0.39, 0.29) is 0 Å². The van der Waals surface area contributed by atoms with Crippen LogP contribution in [0.15, 0.2) is 42.5 Å². The number of aryl methyl sites for hydroxylation is 2. The lowest BCUT2D eigenvalue weighted by atomic mass is 10.1. The third-order valence-electron chi connectivity index (χ3n) is 2.78. The van der Waals surface area contributed by atoms with Crippen molar-refractivity contribution in [1.82, 2.24) is 0 Å². The normalized spacial score (nSPS) is 10.1. The fraction of sp³-hybridized carbons (Fsp3) is 0.133. The Balaban J connectivity index is 2.29. The number of hydrogen-bond acceptors (Lipinski definition) is 2. The Labute approximate surface area is 112 Å². The van der Waals surface area contributed by atoms with Crippen LogP contribution in [0.25, 0.3) is 0 Å². The average Bonchev–Trinajstić information content (AvgIpc) is 2.32. The van der Waals surface area contributed by atoms with Gasteiger partial charge in [-0.1, -0.05) is 30.4 Å². The van der Waals surface area contributed by atoms with Gasteiger partial charge in [0.05, 0.1) is 0 Å². The van der Waals surface area contributed by atoms with Crippen molar-refractivity contribution in [3.63, 3.8) is 0 Å². The van der Waals surface area contributed by atoms with Gasteiger partial charge in [0.25, 0.3) is 0 Å². The zero-order valence-corrected chi connectivity index (χ0v) is 11.3. The van der Waals surface area contributed by atoms with E-state index in [9.17, 15) is 0 Å². The molecule has 0 aliphatic rings. The monoisotopic (exact) mass is 257 g/mol. The fourth-order valence-corrected chi connectivity index (χ4v) is 2.00. The van der Waals surface area contributed by atoms with Crippen molar-refractivity contribution in [3.8, 4) is 11.5 Å². The number of ether oxygens (including phenoxy) is 1. The zero-order valence-electron chi connectivity index (χ0n) is 10.4. The lowest BCUT2D eigenvalue weighted by Gasteiger charge is -2.10. The Bertz CT molecular complexity index is 593. The number of para-hydroxylation sites is 1. The first-order chi connectivity index (χ1) is 8.58. The lowest BCUT2D eigenvalue weighted by molar-refractivity contribution is 0.478. The Kier molecular flexibility index (Phi) is 3.63. The van der Waals surface area contributed by atoms with Crippen molar-refractivity contribution in [1.29, 1.82) is 0 Å². The van der Waals surface area contributed by atoms with Crippen molar-refractivity contribution in [2.75, 3.05) is 0 Å². The van der Waals surface area contributed by atoms with E-state index in [4.69, 9.17) is 22.7 Å². The van der Waals surface area contributed by atoms with Gasteiger partial charge >= 0.3 is 0 Å². The molecule has 2 aromatic rings. The third-order valence-corrected chi connectivity index (χ3v) is 3.00. The van der Waals surface area contributed by atoms with E-state index in [1.807, 2.05) is 56.3 Å². The first-order valence-electron chi connectivity index (χ1n) is 5.72. The van der Waals surface area contributed by atoms with Crippen LogP contribution in [0.4, 0.5) is 0 Å². The van der Waals surface area contributed by atoms with E-state index in [1.54, 1.807) is 0 Å². The molecule has 2 N–H and O–H groups in total. The number of nitrogens with two attached hydrogens (primary N) is 1. The van der Waals surface area contributed by atoms with E-state index in [1.165, 1.54) is 0 Å². The minimum atomic E-state index is 0.412. The van der Waals surface area contributed by atoms with Gasteiger partial charge < -0.3 is 10.5 Å². The maximum absolute atomic E-state index is 5.84. The Morgan fingerprint density at radius 3 is 2.39 bits per heavy atom. The van der Waals surface area contributed by atoms with Gasteiger partial charge in [-0.15, -0.1) is 0 Å². The molecule has 0 radical (unpaired) electrons. The summed E-state index contributed by atoms with van der Waals surface area (Å²) in [6.45, 7) is 3.99. The molecule has 0 bridgehead atoms. The summed E-state index contributed by atoms with van der Waals surface area (Å²) in [5, 5.41) is 0. The highest BCUT2D eigenvalue weighted by Gasteiger charge is 2.05. The largest absolute Gasteiger partial charge is 0.457 e. The molecular weight excluding hydrogens is 242 g/mol. The number of benzene rings is 2. The number of thiocarbonyl (C=S) groups is 1. The van der Waals surface area contributed by atoms with Gasteiger partial charge in [-0.2, -0.15) is 0 Å². The van der Waals surface area contributed by atoms with Gasteiger partial charge in [-0.3, -0.25) is 0 Å². The van der Waals surface area contributed by atoms with Crippen molar-refractivity contribution in [2.45, 2.75) is 13.8 Å². The highest BCUT2D eigenvalue weighted by molar-refractivity contribution is 7.80. The van der Waals surface area contributed by atoms with Crippen molar-refractivity contribution in [3.05, 3.63) is 59.2 Å². The summed E-state index contributed by atoms with van der Waals surface area (Å²) in [5.74, 6) is 1.65. The van der Waals surface area contributed by atoms with Crippen molar-refractivity contribution < 1.29 is 4.74 Å². The molecule has 0 spiro atoms. The molecule has 0 amide bonds. The molecule has 3 heteroatoms. The van der Waals surface area contributed by atoms with Crippen LogP contribution >= 0.6 is 12.2 Å². The van der Waals surface area contributed by atoms with Crippen LogP contribution in [0.3, 0.4) is 0 Å². The highest BCUT2D eigenvalue weighted by atomic mass is 32.1. The molecule has 2 rings (SSSR count). The first kappa shape index (κ1) is 12.6. The van der Waals surface area contributed by atoms with Crippen molar-refractivity contribution in [2.24, 2.45) is 5.73 Å². The summed E-state index contributed by atoms with van der Waals surface area (Å²) in [7, 11) is 0. The molecule has 0 aromatic heterocycles. The Morgan fingerprint density at radius 1 is 1.06 bits per heavy atom. The second-order valence-electron chi connectivity index (χ2n) is 4.21. The fourth-order valence-electron chi connectivity index (χ4n) is 1.77. The minimum Gasteiger partial charge on any atom is -0.457 e. The molecule has 0 aliphatic carbocycles. The zero-order chi connectivity index (χ0) is 13.1. The Morgan fingerprint density at radius 2 is 1.78 bits per heavy atom. The van der Waals surface area contributed by atoms with Crippen LogP contribution in [0, 0.1) is 13.8 Å². The second-order valence-corrected chi connectivity index (χ2v) is 4.65. The predicted octanol–water partition coefficient (Wildman–Crippen LogP) is 3.73. The molecule has 2 nitrogen and oxygen atoms in total. The molecule has 0 unspecified atom stereocenters. The summed E-state index contributed by atoms with van der Waals surface area (Å²) in [6.07, 6.45) is 0. The smallest absolute Gasteiger partial charge is 0.130 e. The first-order valence-corrected chi connectivity index (χ1v) is 6.12. The molecule has 0 aliphatic heterocycles. The molecule has 0 heterocycles. The molecular formula is C15H15NOS. The molecule has 18 heavy (non-hydrogen) atoms. The van der Waals surface area contributed by atoms with Gasteiger partial charge in [0.2, 0.25) is 0 Å². The maximum Gasteiger partial charge on any atom is 0.130 e. The quantitative estimate of drug-likeness (QED) is 0.851. The number of rotatable bonds is 3. The van der Waals surface area contributed by atoms with Crippen molar-refractivity contribution >= 4 is 17.2 Å². The molecule has 0 atom stereocenters. The van der Waals surface area contributed by atoms with E-state index in [0.29, 0.717) is 4.99 Å². The molecule has 0 saturated heterocycles. The average molecular weight is 257 g/mol. The van der Waals surface area contributed by atoms with Crippen LogP contribution in [-0.2, 0) is 0 Å². The topological polar surface area (TPSA) is 35.2 Å². The van der Waals surface area contributed by atoms with Crippen LogP contribution in [0.5, 0.6) is 11.5 Å². The van der Waals surface area contributed by atoms with Crippen LogP contribution < -0.4 is 10.5 Å². The molecule has 92 valence electrons. The van der Waals surface area contributed by atoms with Crippen LogP contribution in [0.2, 0.25) is 0 Å². The Hall–Kier alpha value is -1.87. The third kappa shape index (κ3) is 2.68. The van der Waals surface area contributed by atoms with E-state index >= 15 is 0 Å². The second kappa shape index (κ2) is 5.19. The minimum absolute atomic E-state index is 0.412. The maximum atomic E-state index is 5.84. The summed E-state index contributed by atoms with van der Waals surface area (Å²) in [6, 6.07) is 13.6. The van der Waals surface area contributed by atoms with Gasteiger partial charge in [0.15, 0.2) is 0 Å². The van der Waals surface area contributed by atoms with E-state index < -0.39 is 0 Å². The van der Waals surface area contributed by atoms with Gasteiger partial charge in [0, 0.05) is 5.56 Å². The lowest BCUT2D eigenvalue weighted by Crippen LogP contribution is -2.10. The summed E-state index contributed by atoms with van der Waals surface area (Å²) >= 11 is 4.98. The van der Waals surface area contributed by atoms with Crippen LogP contribution in [0.1, 0.15) is 16.7 Å². The SMILES string of the molecule is Cc1ccccc1Oc1ccc(C(N)=S)c(C)c1. The van der Waals surface area contributed by atoms with E-state index in [2.05, 4.69) is 0 Å². The summed E-state index contributed by atoms with van der Waals surface area (Å²) < 4.78 is 5.84. The highest BCUT2D eigenvalue weighted by Crippen LogP contribution is 2.26. The molecule has 0 saturated carbocycles. The molecule has 2 aromatic carbocycles.